The summed E-state index contributed by atoms with van der Waals surface area (Å²) in [6, 6.07) is 13.0. The second-order valence-electron chi connectivity index (χ2n) is 5.76. The molecule has 1 atom stereocenters. The summed E-state index contributed by atoms with van der Waals surface area (Å²) in [5, 5.41) is 4.31. The molecule has 0 amide bonds. The highest BCUT2D eigenvalue weighted by Crippen LogP contribution is 2.26. The van der Waals surface area contributed by atoms with Crippen molar-refractivity contribution in [2.45, 2.75) is 25.2 Å². The average molecular weight is 269 g/mol. The van der Waals surface area contributed by atoms with Crippen molar-refractivity contribution in [3.8, 4) is 0 Å². The number of rotatable bonds is 4. The first kappa shape index (κ1) is 13.4. The number of likely N-dealkylation sites (tertiary alicyclic amines) is 1. The highest BCUT2D eigenvalue weighted by atomic mass is 15.3. The first-order chi connectivity index (χ1) is 9.83. The molecular formula is C17H23N3. The highest BCUT2D eigenvalue weighted by molar-refractivity contribution is 5.15. The minimum absolute atomic E-state index is 0.645. The molecule has 3 nitrogen and oxygen atoms in total. The Morgan fingerprint density at radius 2 is 2.05 bits per heavy atom. The molecule has 3 heteroatoms. The molecule has 1 aliphatic rings. The summed E-state index contributed by atoms with van der Waals surface area (Å²) in [5.41, 5.74) is 2.82. The molecule has 20 heavy (non-hydrogen) atoms. The van der Waals surface area contributed by atoms with Gasteiger partial charge in [-0.1, -0.05) is 30.3 Å². The van der Waals surface area contributed by atoms with Crippen LogP contribution in [-0.4, -0.2) is 34.3 Å². The van der Waals surface area contributed by atoms with Crippen molar-refractivity contribution >= 4 is 0 Å². The number of hydrogen-bond acceptors (Lipinski definition) is 2. The zero-order valence-corrected chi connectivity index (χ0v) is 12.2. The first-order valence-corrected chi connectivity index (χ1v) is 7.57. The molecule has 0 N–H and O–H groups in total. The number of aromatic nitrogens is 2. The van der Waals surface area contributed by atoms with E-state index in [4.69, 9.17) is 0 Å². The van der Waals surface area contributed by atoms with Crippen LogP contribution in [0.25, 0.3) is 0 Å². The van der Waals surface area contributed by atoms with Gasteiger partial charge in [-0.15, -0.1) is 0 Å². The highest BCUT2D eigenvalue weighted by Gasteiger charge is 2.22. The van der Waals surface area contributed by atoms with Gasteiger partial charge in [-0.3, -0.25) is 4.68 Å². The predicted octanol–water partition coefficient (Wildman–Crippen LogP) is 2.84. The monoisotopic (exact) mass is 269 g/mol. The Hall–Kier alpha value is -1.61. The summed E-state index contributed by atoms with van der Waals surface area (Å²) >= 11 is 0. The second-order valence-corrected chi connectivity index (χ2v) is 5.76. The molecular weight excluding hydrogens is 246 g/mol. The maximum Gasteiger partial charge on any atom is 0.0492 e. The molecule has 2 aromatic rings. The molecule has 0 bridgehead atoms. The van der Waals surface area contributed by atoms with Crippen LogP contribution in [0.1, 0.15) is 30.0 Å². The lowest BCUT2D eigenvalue weighted by Crippen LogP contribution is -2.36. The number of hydrogen-bond donors (Lipinski definition) is 0. The van der Waals surface area contributed by atoms with Crippen LogP contribution in [0.2, 0.25) is 0 Å². The van der Waals surface area contributed by atoms with E-state index in [1.54, 1.807) is 0 Å². The molecule has 1 aromatic carbocycles. The van der Waals surface area contributed by atoms with E-state index < -0.39 is 0 Å². The summed E-state index contributed by atoms with van der Waals surface area (Å²) in [6.07, 6.45) is 5.66. The average Bonchev–Trinajstić information content (AvgIpc) is 2.93. The summed E-state index contributed by atoms with van der Waals surface area (Å²) in [5.74, 6) is 0.645. The van der Waals surface area contributed by atoms with Crippen molar-refractivity contribution < 1.29 is 0 Å². The van der Waals surface area contributed by atoms with E-state index >= 15 is 0 Å². The van der Waals surface area contributed by atoms with Crippen LogP contribution in [0, 0.1) is 0 Å². The molecule has 0 unspecified atom stereocenters. The van der Waals surface area contributed by atoms with E-state index in [9.17, 15) is 0 Å². The third-order valence-corrected chi connectivity index (χ3v) is 4.34. The number of piperidine rings is 1. The Kier molecular flexibility index (Phi) is 4.16. The standard InChI is InChI=1S/C17H23N3/c1-19-17(9-11-18-19)16-8-5-12-20(14-16)13-10-15-6-3-2-4-7-15/h2-4,6-7,9,11,16H,5,8,10,12-14H2,1H3/t16-/m1/s1. The number of benzene rings is 1. The molecule has 0 saturated carbocycles. The Morgan fingerprint density at radius 3 is 2.80 bits per heavy atom. The first-order valence-electron chi connectivity index (χ1n) is 7.57. The molecule has 1 fully saturated rings. The third kappa shape index (κ3) is 3.10. The molecule has 1 aromatic heterocycles. The van der Waals surface area contributed by atoms with E-state index in [1.165, 1.54) is 43.7 Å². The lowest BCUT2D eigenvalue weighted by molar-refractivity contribution is 0.206. The summed E-state index contributed by atoms with van der Waals surface area (Å²) in [6.45, 7) is 3.58. The molecule has 1 aliphatic heterocycles. The predicted molar refractivity (Wildman–Crippen MR) is 81.8 cm³/mol. The van der Waals surface area contributed by atoms with E-state index in [-0.39, 0.29) is 0 Å². The topological polar surface area (TPSA) is 21.1 Å². The Balaban J connectivity index is 1.57. The van der Waals surface area contributed by atoms with Gasteiger partial charge in [-0.25, -0.2) is 0 Å². The van der Waals surface area contributed by atoms with Crippen molar-refractivity contribution in [2.24, 2.45) is 7.05 Å². The van der Waals surface area contributed by atoms with Gasteiger partial charge in [0.1, 0.15) is 0 Å². The van der Waals surface area contributed by atoms with Gasteiger partial charge < -0.3 is 4.90 Å². The minimum atomic E-state index is 0.645. The summed E-state index contributed by atoms with van der Waals surface area (Å²) < 4.78 is 2.03. The zero-order chi connectivity index (χ0) is 13.8. The molecule has 106 valence electrons. The molecule has 3 rings (SSSR count). The largest absolute Gasteiger partial charge is 0.302 e. The Morgan fingerprint density at radius 1 is 1.20 bits per heavy atom. The normalized spacial score (nSPS) is 20.1. The van der Waals surface area contributed by atoms with Crippen LogP contribution in [0.4, 0.5) is 0 Å². The molecule has 0 aliphatic carbocycles. The van der Waals surface area contributed by atoms with Crippen LogP contribution in [-0.2, 0) is 13.5 Å². The maximum absolute atomic E-state index is 4.31. The van der Waals surface area contributed by atoms with Gasteiger partial charge in [0, 0.05) is 37.9 Å². The van der Waals surface area contributed by atoms with Gasteiger partial charge in [0.25, 0.3) is 0 Å². The van der Waals surface area contributed by atoms with Crippen LogP contribution in [0.5, 0.6) is 0 Å². The molecule has 1 saturated heterocycles. The second kappa shape index (κ2) is 6.23. The molecule has 0 spiro atoms. The zero-order valence-electron chi connectivity index (χ0n) is 12.2. The smallest absolute Gasteiger partial charge is 0.0492 e. The van der Waals surface area contributed by atoms with Crippen LogP contribution in [0.15, 0.2) is 42.6 Å². The minimum Gasteiger partial charge on any atom is -0.302 e. The quantitative estimate of drug-likeness (QED) is 0.851. The van der Waals surface area contributed by atoms with Gasteiger partial charge in [0.05, 0.1) is 0 Å². The number of aryl methyl sites for hydroxylation is 1. The number of nitrogens with zero attached hydrogens (tertiary/aromatic N) is 3. The lowest BCUT2D eigenvalue weighted by atomic mass is 9.94. The Bertz CT molecular complexity index is 532. The van der Waals surface area contributed by atoms with Crippen molar-refractivity contribution in [2.75, 3.05) is 19.6 Å². The van der Waals surface area contributed by atoms with Crippen molar-refractivity contribution in [3.05, 3.63) is 53.9 Å². The van der Waals surface area contributed by atoms with Gasteiger partial charge >= 0.3 is 0 Å². The van der Waals surface area contributed by atoms with Gasteiger partial charge in [0.15, 0.2) is 0 Å². The summed E-state index contributed by atoms with van der Waals surface area (Å²) in [4.78, 5) is 2.61. The van der Waals surface area contributed by atoms with Crippen molar-refractivity contribution in [1.29, 1.82) is 0 Å². The van der Waals surface area contributed by atoms with Gasteiger partial charge in [-0.05, 0) is 37.4 Å². The fourth-order valence-electron chi connectivity index (χ4n) is 3.22. The molecule has 2 heterocycles. The van der Waals surface area contributed by atoms with Crippen LogP contribution < -0.4 is 0 Å². The van der Waals surface area contributed by atoms with E-state index in [0.29, 0.717) is 5.92 Å². The van der Waals surface area contributed by atoms with Crippen LogP contribution in [0.3, 0.4) is 0 Å². The maximum atomic E-state index is 4.31. The molecule has 0 radical (unpaired) electrons. The Labute approximate surface area is 121 Å². The lowest BCUT2D eigenvalue weighted by Gasteiger charge is -2.32. The van der Waals surface area contributed by atoms with Gasteiger partial charge in [0.2, 0.25) is 0 Å². The fraction of sp³-hybridized carbons (Fsp3) is 0.471. The SMILES string of the molecule is Cn1nccc1[C@@H]1CCCN(CCc2ccccc2)C1. The van der Waals surface area contributed by atoms with Crippen LogP contribution >= 0.6 is 0 Å². The van der Waals surface area contributed by atoms with E-state index in [1.807, 2.05) is 10.9 Å². The van der Waals surface area contributed by atoms with Crippen molar-refractivity contribution in [3.63, 3.8) is 0 Å². The van der Waals surface area contributed by atoms with Gasteiger partial charge in [-0.2, -0.15) is 5.10 Å². The van der Waals surface area contributed by atoms with E-state index in [0.717, 1.165) is 6.42 Å². The fourth-order valence-corrected chi connectivity index (χ4v) is 3.22. The van der Waals surface area contributed by atoms with Crippen molar-refractivity contribution in [1.82, 2.24) is 14.7 Å². The summed E-state index contributed by atoms with van der Waals surface area (Å²) in [7, 11) is 2.05. The van der Waals surface area contributed by atoms with E-state index in [2.05, 4.69) is 53.4 Å². The third-order valence-electron chi connectivity index (χ3n) is 4.34.